The SMILES string of the molecule is COc1ccc(-[n+]2cc3c(s2)CCCC3)cc1. The van der Waals surface area contributed by atoms with Gasteiger partial charge in [0.15, 0.2) is 6.20 Å². The number of aromatic nitrogens is 1. The first-order valence-electron chi connectivity index (χ1n) is 6.05. The van der Waals surface area contributed by atoms with Crippen molar-refractivity contribution in [3.63, 3.8) is 0 Å². The van der Waals surface area contributed by atoms with Gasteiger partial charge < -0.3 is 4.74 Å². The Kier molecular flexibility index (Phi) is 2.85. The molecule has 2 nitrogen and oxygen atoms in total. The predicted molar refractivity (Wildman–Crippen MR) is 69.0 cm³/mol. The summed E-state index contributed by atoms with van der Waals surface area (Å²) in [6, 6.07) is 8.25. The summed E-state index contributed by atoms with van der Waals surface area (Å²) in [7, 11) is 1.70. The number of hydrogen-bond acceptors (Lipinski definition) is 2. The van der Waals surface area contributed by atoms with Crippen LogP contribution in [0.15, 0.2) is 30.5 Å². The lowest BCUT2D eigenvalue weighted by molar-refractivity contribution is -0.520. The van der Waals surface area contributed by atoms with Crippen molar-refractivity contribution in [2.24, 2.45) is 0 Å². The molecule has 0 atom stereocenters. The minimum atomic E-state index is 0.913. The van der Waals surface area contributed by atoms with Crippen molar-refractivity contribution < 1.29 is 8.69 Å². The van der Waals surface area contributed by atoms with Crippen molar-refractivity contribution in [1.29, 1.82) is 0 Å². The maximum atomic E-state index is 5.18. The molecule has 0 saturated carbocycles. The lowest BCUT2D eigenvalue weighted by Gasteiger charge is -2.04. The maximum absolute atomic E-state index is 5.18. The van der Waals surface area contributed by atoms with Gasteiger partial charge in [0.05, 0.1) is 12.0 Å². The molecule has 0 spiro atoms. The van der Waals surface area contributed by atoms with Gasteiger partial charge in [0.1, 0.15) is 17.3 Å². The van der Waals surface area contributed by atoms with Crippen LogP contribution in [0.3, 0.4) is 0 Å². The second kappa shape index (κ2) is 4.49. The fourth-order valence-electron chi connectivity index (χ4n) is 2.28. The Morgan fingerprint density at radius 2 is 1.88 bits per heavy atom. The quantitative estimate of drug-likeness (QED) is 0.743. The summed E-state index contributed by atoms with van der Waals surface area (Å²) >= 11 is 1.88. The number of aryl methyl sites for hydroxylation is 2. The van der Waals surface area contributed by atoms with Crippen LogP contribution >= 0.6 is 11.5 Å². The number of benzene rings is 1. The number of methoxy groups -OCH3 is 1. The van der Waals surface area contributed by atoms with Crippen LogP contribution in [0.4, 0.5) is 0 Å². The highest BCUT2D eigenvalue weighted by atomic mass is 32.1. The molecule has 0 fully saturated rings. The van der Waals surface area contributed by atoms with E-state index in [4.69, 9.17) is 4.74 Å². The van der Waals surface area contributed by atoms with E-state index in [-0.39, 0.29) is 0 Å². The third kappa shape index (κ3) is 2.07. The highest BCUT2D eigenvalue weighted by Crippen LogP contribution is 2.24. The zero-order chi connectivity index (χ0) is 11.7. The smallest absolute Gasteiger partial charge is 0.225 e. The van der Waals surface area contributed by atoms with Crippen LogP contribution in [0.1, 0.15) is 23.3 Å². The maximum Gasteiger partial charge on any atom is 0.225 e. The molecule has 0 radical (unpaired) electrons. The predicted octanol–water partition coefficient (Wildman–Crippen LogP) is 2.91. The topological polar surface area (TPSA) is 13.1 Å². The number of nitrogens with zero attached hydrogens (tertiary/aromatic N) is 1. The highest BCUT2D eigenvalue weighted by molar-refractivity contribution is 7.02. The number of fused-ring (bicyclic) bond motifs is 1. The van der Waals surface area contributed by atoms with E-state index in [1.807, 2.05) is 23.7 Å². The van der Waals surface area contributed by atoms with E-state index in [2.05, 4.69) is 22.3 Å². The van der Waals surface area contributed by atoms with Crippen LogP contribution < -0.4 is 8.69 Å². The molecule has 0 amide bonds. The van der Waals surface area contributed by atoms with Gasteiger partial charge in [0, 0.05) is 17.7 Å². The third-order valence-corrected chi connectivity index (χ3v) is 4.47. The van der Waals surface area contributed by atoms with Gasteiger partial charge in [-0.2, -0.15) is 0 Å². The Morgan fingerprint density at radius 1 is 1.12 bits per heavy atom. The molecule has 1 aliphatic carbocycles. The molecule has 2 aromatic rings. The van der Waals surface area contributed by atoms with Crippen LogP contribution in [0.25, 0.3) is 5.69 Å². The van der Waals surface area contributed by atoms with Crippen molar-refractivity contribution in [3.8, 4) is 11.4 Å². The summed E-state index contributed by atoms with van der Waals surface area (Å²) in [4.78, 5) is 1.56. The standard InChI is InChI=1S/C14H16NOS/c1-16-13-8-6-12(7-9-13)15-10-11-4-2-3-5-14(11)17-15/h6-10H,2-5H2,1H3/q+1. The molecule has 3 heteroatoms. The van der Waals surface area contributed by atoms with E-state index >= 15 is 0 Å². The summed E-state index contributed by atoms with van der Waals surface area (Å²) in [5, 5.41) is 0. The Balaban J connectivity index is 1.94. The molecule has 3 rings (SSSR count). The molecule has 1 heterocycles. The normalized spacial score (nSPS) is 14.4. The van der Waals surface area contributed by atoms with E-state index in [0.29, 0.717) is 0 Å². The molecule has 1 aromatic heterocycles. The molecule has 0 bridgehead atoms. The number of ether oxygens (including phenoxy) is 1. The second-order valence-corrected chi connectivity index (χ2v) is 5.47. The second-order valence-electron chi connectivity index (χ2n) is 4.40. The minimum Gasteiger partial charge on any atom is -0.497 e. The molecule has 0 unspecified atom stereocenters. The zero-order valence-electron chi connectivity index (χ0n) is 9.98. The molecule has 1 aliphatic rings. The van der Waals surface area contributed by atoms with Gasteiger partial charge >= 0.3 is 0 Å². The lowest BCUT2D eigenvalue weighted by atomic mass is 10.0. The number of hydrogen-bond donors (Lipinski definition) is 0. The first-order chi connectivity index (χ1) is 8.36. The number of rotatable bonds is 2. The van der Waals surface area contributed by atoms with Crippen LogP contribution in [0.2, 0.25) is 0 Å². The van der Waals surface area contributed by atoms with Crippen molar-refractivity contribution in [1.82, 2.24) is 0 Å². The van der Waals surface area contributed by atoms with E-state index in [9.17, 15) is 0 Å². The van der Waals surface area contributed by atoms with Gasteiger partial charge in [-0.15, -0.1) is 3.96 Å². The largest absolute Gasteiger partial charge is 0.497 e. The Morgan fingerprint density at radius 3 is 2.59 bits per heavy atom. The molecule has 0 aliphatic heterocycles. The highest BCUT2D eigenvalue weighted by Gasteiger charge is 2.20. The molecular weight excluding hydrogens is 230 g/mol. The summed E-state index contributed by atoms with van der Waals surface area (Å²) in [6.45, 7) is 0. The van der Waals surface area contributed by atoms with E-state index in [1.165, 1.54) is 36.9 Å². The molecule has 0 N–H and O–H groups in total. The van der Waals surface area contributed by atoms with Gasteiger partial charge in [-0.1, -0.05) is 0 Å². The van der Waals surface area contributed by atoms with Crippen LogP contribution in [-0.2, 0) is 12.8 Å². The summed E-state index contributed by atoms with van der Waals surface area (Å²) in [5.41, 5.74) is 2.77. The van der Waals surface area contributed by atoms with Gasteiger partial charge in [0.25, 0.3) is 0 Å². The first-order valence-corrected chi connectivity index (χ1v) is 6.82. The van der Waals surface area contributed by atoms with Gasteiger partial charge in [-0.05, 0) is 37.8 Å². The molecule has 17 heavy (non-hydrogen) atoms. The van der Waals surface area contributed by atoms with E-state index < -0.39 is 0 Å². The monoisotopic (exact) mass is 246 g/mol. The Hall–Kier alpha value is -1.35. The van der Waals surface area contributed by atoms with Gasteiger partial charge in [0.2, 0.25) is 5.69 Å². The van der Waals surface area contributed by atoms with Crippen molar-refractivity contribution in [3.05, 3.63) is 40.9 Å². The van der Waals surface area contributed by atoms with E-state index in [1.54, 1.807) is 12.0 Å². The molecule has 88 valence electrons. The lowest BCUT2D eigenvalue weighted by Crippen LogP contribution is -2.23. The van der Waals surface area contributed by atoms with Crippen LogP contribution in [0, 0.1) is 0 Å². The zero-order valence-corrected chi connectivity index (χ0v) is 10.8. The fourth-order valence-corrected chi connectivity index (χ4v) is 3.44. The van der Waals surface area contributed by atoms with Gasteiger partial charge in [-0.3, -0.25) is 0 Å². The van der Waals surface area contributed by atoms with Crippen molar-refractivity contribution in [2.45, 2.75) is 25.7 Å². The molecule has 0 saturated heterocycles. The van der Waals surface area contributed by atoms with Crippen molar-refractivity contribution >= 4 is 11.5 Å². The summed E-state index contributed by atoms with van der Waals surface area (Å²) < 4.78 is 7.45. The van der Waals surface area contributed by atoms with Crippen molar-refractivity contribution in [2.75, 3.05) is 7.11 Å². The van der Waals surface area contributed by atoms with Gasteiger partial charge in [-0.25, -0.2) is 0 Å². The average molecular weight is 246 g/mol. The minimum absolute atomic E-state index is 0.913. The fraction of sp³-hybridized carbons (Fsp3) is 0.357. The molecule has 1 aromatic carbocycles. The third-order valence-electron chi connectivity index (χ3n) is 3.27. The first kappa shape index (κ1) is 10.8. The average Bonchev–Trinajstić information content (AvgIpc) is 2.82. The summed E-state index contributed by atoms with van der Waals surface area (Å²) in [6.07, 6.45) is 7.47. The Labute approximate surface area is 106 Å². The van der Waals surface area contributed by atoms with E-state index in [0.717, 1.165) is 5.75 Å². The van der Waals surface area contributed by atoms with Crippen LogP contribution in [0.5, 0.6) is 5.75 Å². The molecular formula is C14H16NOS+. The Bertz CT molecular complexity index is 492. The summed E-state index contributed by atoms with van der Waals surface area (Å²) in [5.74, 6) is 0.913. The van der Waals surface area contributed by atoms with Crippen LogP contribution in [-0.4, -0.2) is 7.11 Å².